The Kier molecular flexibility index (Phi) is 4.39. The Morgan fingerprint density at radius 2 is 2.21 bits per heavy atom. The smallest absolute Gasteiger partial charge is 0.330 e. The van der Waals surface area contributed by atoms with Crippen LogP contribution in [0.5, 0.6) is 0 Å². The SMILES string of the molecule is Cc1ccc(I)c(C(=O)NC2(C(=O)O)CCSC2)c1. The molecule has 0 saturated carbocycles. The molecule has 4 nitrogen and oxygen atoms in total. The van der Waals surface area contributed by atoms with Crippen LogP contribution in [-0.2, 0) is 4.79 Å². The molecule has 1 saturated heterocycles. The lowest BCUT2D eigenvalue weighted by Crippen LogP contribution is -2.54. The van der Waals surface area contributed by atoms with E-state index in [1.807, 2.05) is 19.1 Å². The second-order valence-electron chi connectivity index (χ2n) is 4.63. The van der Waals surface area contributed by atoms with E-state index in [-0.39, 0.29) is 5.91 Å². The molecule has 6 heteroatoms. The summed E-state index contributed by atoms with van der Waals surface area (Å²) in [6.45, 7) is 1.91. The number of aryl methyl sites for hydroxylation is 1. The van der Waals surface area contributed by atoms with Gasteiger partial charge >= 0.3 is 5.97 Å². The average Bonchev–Trinajstić information content (AvgIpc) is 2.82. The van der Waals surface area contributed by atoms with Gasteiger partial charge in [-0.15, -0.1) is 0 Å². The summed E-state index contributed by atoms with van der Waals surface area (Å²) < 4.78 is 0.826. The molecule has 0 bridgehead atoms. The fourth-order valence-electron chi connectivity index (χ4n) is 1.98. The zero-order valence-electron chi connectivity index (χ0n) is 10.4. The van der Waals surface area contributed by atoms with Gasteiger partial charge in [-0.2, -0.15) is 11.8 Å². The minimum absolute atomic E-state index is 0.307. The van der Waals surface area contributed by atoms with E-state index in [4.69, 9.17) is 0 Å². The molecule has 1 aromatic rings. The summed E-state index contributed by atoms with van der Waals surface area (Å²) in [6.07, 6.45) is 0.473. The zero-order chi connectivity index (χ0) is 14.0. The lowest BCUT2D eigenvalue weighted by molar-refractivity contribution is -0.143. The Morgan fingerprint density at radius 1 is 1.47 bits per heavy atom. The second kappa shape index (κ2) is 5.70. The van der Waals surface area contributed by atoms with E-state index < -0.39 is 11.5 Å². The number of hydrogen-bond acceptors (Lipinski definition) is 3. The maximum atomic E-state index is 12.3. The highest BCUT2D eigenvalue weighted by atomic mass is 127. The Balaban J connectivity index is 2.25. The van der Waals surface area contributed by atoms with Gasteiger partial charge in [-0.05, 0) is 53.8 Å². The van der Waals surface area contributed by atoms with Crippen molar-refractivity contribution in [2.75, 3.05) is 11.5 Å². The predicted molar refractivity (Wildman–Crippen MR) is 83.7 cm³/mol. The highest BCUT2D eigenvalue weighted by molar-refractivity contribution is 14.1. The van der Waals surface area contributed by atoms with Crippen molar-refractivity contribution >= 4 is 46.2 Å². The molecule has 102 valence electrons. The minimum atomic E-state index is -1.12. The highest BCUT2D eigenvalue weighted by Crippen LogP contribution is 2.29. The molecule has 19 heavy (non-hydrogen) atoms. The van der Waals surface area contributed by atoms with E-state index in [0.717, 1.165) is 14.9 Å². The number of amides is 1. The first-order valence-corrected chi connectivity index (χ1v) is 8.08. The first-order chi connectivity index (χ1) is 8.94. The summed E-state index contributed by atoms with van der Waals surface area (Å²) in [5.74, 6) is -0.0694. The second-order valence-corrected chi connectivity index (χ2v) is 6.89. The number of carbonyl (C=O) groups is 2. The Bertz CT molecular complexity index is 527. The van der Waals surface area contributed by atoms with Crippen molar-refractivity contribution in [1.82, 2.24) is 5.32 Å². The molecule has 1 aliphatic heterocycles. The summed E-state index contributed by atoms with van der Waals surface area (Å²) in [4.78, 5) is 23.7. The normalized spacial score (nSPS) is 22.2. The number of hydrogen-bond donors (Lipinski definition) is 2. The molecule has 0 aliphatic carbocycles. The molecule has 0 spiro atoms. The third-order valence-corrected chi connectivity index (χ3v) is 5.28. The van der Waals surface area contributed by atoms with Crippen LogP contribution in [0.1, 0.15) is 22.3 Å². The van der Waals surface area contributed by atoms with Crippen LogP contribution in [0, 0.1) is 10.5 Å². The fourth-order valence-corrected chi connectivity index (χ4v) is 3.89. The van der Waals surface area contributed by atoms with Crippen LogP contribution < -0.4 is 5.32 Å². The van der Waals surface area contributed by atoms with E-state index in [9.17, 15) is 14.7 Å². The predicted octanol–water partition coefficient (Wildman–Crippen LogP) is 2.29. The summed E-state index contributed by atoms with van der Waals surface area (Å²) in [7, 11) is 0. The molecule has 1 heterocycles. The Morgan fingerprint density at radius 3 is 2.79 bits per heavy atom. The number of carbonyl (C=O) groups excluding carboxylic acids is 1. The lowest BCUT2D eigenvalue weighted by Gasteiger charge is -2.24. The van der Waals surface area contributed by atoms with E-state index in [1.165, 1.54) is 0 Å². The van der Waals surface area contributed by atoms with E-state index in [1.54, 1.807) is 17.8 Å². The van der Waals surface area contributed by atoms with Gasteiger partial charge in [-0.1, -0.05) is 11.6 Å². The lowest BCUT2D eigenvalue weighted by atomic mass is 9.98. The number of carboxylic acid groups (broad SMARTS) is 1. The maximum Gasteiger partial charge on any atom is 0.330 e. The van der Waals surface area contributed by atoms with Crippen molar-refractivity contribution in [2.24, 2.45) is 0 Å². The van der Waals surface area contributed by atoms with Crippen molar-refractivity contribution in [2.45, 2.75) is 18.9 Å². The molecular weight excluding hydrogens is 377 g/mol. The van der Waals surface area contributed by atoms with Gasteiger partial charge in [0, 0.05) is 9.32 Å². The topological polar surface area (TPSA) is 66.4 Å². The van der Waals surface area contributed by atoms with Crippen LogP contribution in [0.3, 0.4) is 0 Å². The Hall–Kier alpha value is -0.760. The third-order valence-electron chi connectivity index (χ3n) is 3.15. The minimum Gasteiger partial charge on any atom is -0.479 e. The number of aliphatic carboxylic acids is 1. The van der Waals surface area contributed by atoms with Gasteiger partial charge in [0.1, 0.15) is 5.54 Å². The molecule has 1 unspecified atom stereocenters. The number of nitrogens with one attached hydrogen (secondary N) is 1. The molecule has 0 radical (unpaired) electrons. The highest BCUT2D eigenvalue weighted by Gasteiger charge is 2.43. The van der Waals surface area contributed by atoms with Crippen molar-refractivity contribution in [3.8, 4) is 0 Å². The number of thioether (sulfide) groups is 1. The molecule has 1 aromatic carbocycles. The van der Waals surface area contributed by atoms with Gasteiger partial charge in [0.15, 0.2) is 0 Å². The monoisotopic (exact) mass is 391 g/mol. The van der Waals surface area contributed by atoms with Crippen LogP contribution in [0.15, 0.2) is 18.2 Å². The van der Waals surface area contributed by atoms with Crippen LogP contribution in [-0.4, -0.2) is 34.0 Å². The molecule has 1 fully saturated rings. The molecule has 1 amide bonds. The number of halogens is 1. The molecule has 2 rings (SSSR count). The Labute approximate surface area is 129 Å². The van der Waals surface area contributed by atoms with Gasteiger partial charge in [0.25, 0.3) is 5.91 Å². The van der Waals surface area contributed by atoms with Crippen LogP contribution in [0.4, 0.5) is 0 Å². The van der Waals surface area contributed by atoms with Crippen molar-refractivity contribution in [3.05, 3.63) is 32.9 Å². The van der Waals surface area contributed by atoms with Crippen molar-refractivity contribution in [3.63, 3.8) is 0 Å². The molecule has 1 atom stereocenters. The van der Waals surface area contributed by atoms with E-state index in [0.29, 0.717) is 17.7 Å². The van der Waals surface area contributed by atoms with Gasteiger partial charge in [0.2, 0.25) is 0 Å². The first-order valence-electron chi connectivity index (χ1n) is 5.84. The van der Waals surface area contributed by atoms with E-state index >= 15 is 0 Å². The van der Waals surface area contributed by atoms with Gasteiger partial charge in [-0.25, -0.2) is 4.79 Å². The van der Waals surface area contributed by atoms with Crippen LogP contribution in [0.2, 0.25) is 0 Å². The van der Waals surface area contributed by atoms with Crippen LogP contribution in [0.25, 0.3) is 0 Å². The summed E-state index contributed by atoms with van der Waals surface area (Å²) in [5, 5.41) is 12.1. The number of rotatable bonds is 3. The first kappa shape index (κ1) is 14.6. The summed E-state index contributed by atoms with van der Waals surface area (Å²) >= 11 is 3.64. The number of carboxylic acids is 1. The van der Waals surface area contributed by atoms with Gasteiger partial charge in [0.05, 0.1) is 5.56 Å². The fraction of sp³-hybridized carbons (Fsp3) is 0.385. The molecule has 2 N–H and O–H groups in total. The third kappa shape index (κ3) is 3.05. The zero-order valence-corrected chi connectivity index (χ0v) is 13.4. The van der Waals surface area contributed by atoms with Crippen molar-refractivity contribution < 1.29 is 14.7 Å². The van der Waals surface area contributed by atoms with Crippen molar-refractivity contribution in [1.29, 1.82) is 0 Å². The summed E-state index contributed by atoms with van der Waals surface area (Å²) in [5.41, 5.74) is 0.406. The van der Waals surface area contributed by atoms with E-state index in [2.05, 4.69) is 27.9 Å². The van der Waals surface area contributed by atoms with Crippen LogP contribution >= 0.6 is 34.4 Å². The molecule has 0 aromatic heterocycles. The number of benzene rings is 1. The standard InChI is InChI=1S/C13H14INO3S/c1-8-2-3-10(14)9(6-8)11(16)15-13(12(17)18)4-5-19-7-13/h2-3,6H,4-5,7H2,1H3,(H,15,16)(H,17,18). The average molecular weight is 391 g/mol. The summed E-state index contributed by atoms with van der Waals surface area (Å²) in [6, 6.07) is 5.58. The molecule has 1 aliphatic rings. The maximum absolute atomic E-state index is 12.3. The van der Waals surface area contributed by atoms with Gasteiger partial charge in [-0.3, -0.25) is 4.79 Å². The quantitative estimate of drug-likeness (QED) is 0.777. The van der Waals surface area contributed by atoms with Gasteiger partial charge < -0.3 is 10.4 Å². The largest absolute Gasteiger partial charge is 0.479 e. The molecular formula is C13H14INO3S.